The maximum absolute atomic E-state index is 11.7. The molecule has 18 heavy (non-hydrogen) atoms. The third-order valence-electron chi connectivity index (χ3n) is 4.01. The number of carbonyl (C=O) groups is 1. The maximum atomic E-state index is 11.7. The molecule has 1 rings (SSSR count). The van der Waals surface area contributed by atoms with Gasteiger partial charge in [-0.1, -0.05) is 20.3 Å². The number of likely N-dealkylation sites (N-methyl/N-ethyl adjacent to an activating group) is 1. The van der Waals surface area contributed by atoms with Crippen molar-refractivity contribution in [2.75, 3.05) is 26.7 Å². The number of hydrogen-bond acceptors (Lipinski definition) is 3. The van der Waals surface area contributed by atoms with Gasteiger partial charge in [-0.25, -0.2) is 0 Å². The van der Waals surface area contributed by atoms with Crippen molar-refractivity contribution < 1.29 is 4.79 Å². The van der Waals surface area contributed by atoms with E-state index in [1.807, 2.05) is 0 Å². The zero-order valence-electron chi connectivity index (χ0n) is 12.2. The second kappa shape index (κ2) is 7.10. The van der Waals surface area contributed by atoms with E-state index in [2.05, 4.69) is 24.1 Å². The highest BCUT2D eigenvalue weighted by atomic mass is 16.2. The fourth-order valence-corrected chi connectivity index (χ4v) is 2.58. The molecule has 0 spiro atoms. The van der Waals surface area contributed by atoms with Crippen LogP contribution in [0.15, 0.2) is 0 Å². The Morgan fingerprint density at radius 3 is 2.78 bits per heavy atom. The molecule has 4 nitrogen and oxygen atoms in total. The van der Waals surface area contributed by atoms with Gasteiger partial charge in [-0.2, -0.15) is 0 Å². The molecule has 0 aromatic rings. The molecule has 0 saturated carbocycles. The minimum absolute atomic E-state index is 0.109. The Balaban J connectivity index is 2.24. The normalized spacial score (nSPS) is 21.2. The van der Waals surface area contributed by atoms with E-state index in [1.54, 1.807) is 7.05 Å². The van der Waals surface area contributed by atoms with E-state index in [-0.39, 0.29) is 17.4 Å². The largest absolute Gasteiger partial charge is 0.358 e. The van der Waals surface area contributed by atoms with Crippen molar-refractivity contribution in [3.05, 3.63) is 0 Å². The Hall–Kier alpha value is -0.610. The van der Waals surface area contributed by atoms with Gasteiger partial charge in [0, 0.05) is 7.05 Å². The third-order valence-corrected chi connectivity index (χ3v) is 4.01. The monoisotopic (exact) mass is 255 g/mol. The van der Waals surface area contributed by atoms with Crippen LogP contribution in [0.25, 0.3) is 0 Å². The topological polar surface area (TPSA) is 58.4 Å². The van der Waals surface area contributed by atoms with Crippen molar-refractivity contribution in [1.82, 2.24) is 10.2 Å². The van der Waals surface area contributed by atoms with Crippen LogP contribution in [0.4, 0.5) is 0 Å². The van der Waals surface area contributed by atoms with Gasteiger partial charge in [-0.05, 0) is 50.7 Å². The van der Waals surface area contributed by atoms with Crippen LogP contribution in [0.5, 0.6) is 0 Å². The molecule has 1 aliphatic heterocycles. The minimum Gasteiger partial charge on any atom is -0.358 e. The van der Waals surface area contributed by atoms with Gasteiger partial charge >= 0.3 is 0 Å². The van der Waals surface area contributed by atoms with Crippen molar-refractivity contribution in [1.29, 1.82) is 0 Å². The van der Waals surface area contributed by atoms with Crippen molar-refractivity contribution in [2.45, 2.75) is 52.0 Å². The summed E-state index contributed by atoms with van der Waals surface area (Å²) < 4.78 is 0. The van der Waals surface area contributed by atoms with Crippen molar-refractivity contribution in [3.8, 4) is 0 Å². The molecule has 4 heteroatoms. The predicted octanol–water partition coefficient (Wildman–Crippen LogP) is 1.35. The number of hydrogen-bond donors (Lipinski definition) is 2. The summed E-state index contributed by atoms with van der Waals surface area (Å²) in [6.07, 6.45) is 5.68. The van der Waals surface area contributed by atoms with Crippen LogP contribution in [-0.2, 0) is 4.79 Å². The number of amides is 1. The number of nitrogens with one attached hydrogen (secondary N) is 1. The first kappa shape index (κ1) is 15.4. The molecule has 0 radical (unpaired) electrons. The smallest absolute Gasteiger partial charge is 0.237 e. The molecule has 1 amide bonds. The third kappa shape index (κ3) is 4.58. The van der Waals surface area contributed by atoms with Crippen LogP contribution >= 0.6 is 0 Å². The van der Waals surface area contributed by atoms with E-state index in [1.165, 1.54) is 12.8 Å². The van der Waals surface area contributed by atoms with E-state index >= 15 is 0 Å². The first-order valence-corrected chi connectivity index (χ1v) is 7.16. The van der Waals surface area contributed by atoms with E-state index in [4.69, 9.17) is 5.73 Å². The molecule has 1 fully saturated rings. The van der Waals surface area contributed by atoms with Crippen molar-refractivity contribution in [3.63, 3.8) is 0 Å². The standard InChI is InChI=1S/C14H29N3O/c1-14(2,11-15)8-4-5-9-17-10-6-7-12(17)13(18)16-3/h12H,4-11,15H2,1-3H3,(H,16,18). The van der Waals surface area contributed by atoms with Gasteiger partial charge in [0.1, 0.15) is 0 Å². The van der Waals surface area contributed by atoms with E-state index < -0.39 is 0 Å². The van der Waals surface area contributed by atoms with Crippen molar-refractivity contribution >= 4 is 5.91 Å². The van der Waals surface area contributed by atoms with Crippen LogP contribution in [0.2, 0.25) is 0 Å². The van der Waals surface area contributed by atoms with Gasteiger partial charge < -0.3 is 11.1 Å². The highest BCUT2D eigenvalue weighted by Gasteiger charge is 2.29. The first-order valence-electron chi connectivity index (χ1n) is 7.16. The molecule has 3 N–H and O–H groups in total. The average molecular weight is 255 g/mol. The number of nitrogens with zero attached hydrogens (tertiary/aromatic N) is 1. The summed E-state index contributed by atoms with van der Waals surface area (Å²) >= 11 is 0. The maximum Gasteiger partial charge on any atom is 0.237 e. The van der Waals surface area contributed by atoms with Crippen LogP contribution in [0.1, 0.15) is 46.0 Å². The molecule has 1 heterocycles. The predicted molar refractivity (Wildman–Crippen MR) is 75.3 cm³/mol. The summed E-state index contributed by atoms with van der Waals surface area (Å²) in [5.74, 6) is 0.176. The molecule has 0 aromatic heterocycles. The fourth-order valence-electron chi connectivity index (χ4n) is 2.58. The fraction of sp³-hybridized carbons (Fsp3) is 0.929. The molecule has 0 bridgehead atoms. The Bertz CT molecular complexity index is 266. The van der Waals surface area contributed by atoms with Crippen LogP contribution < -0.4 is 11.1 Å². The quantitative estimate of drug-likeness (QED) is 0.675. The highest BCUT2D eigenvalue weighted by molar-refractivity contribution is 5.81. The van der Waals surface area contributed by atoms with Crippen LogP contribution in [0.3, 0.4) is 0 Å². The molecule has 1 atom stereocenters. The molecule has 106 valence electrons. The summed E-state index contributed by atoms with van der Waals surface area (Å²) in [5, 5.41) is 2.76. The minimum atomic E-state index is 0.109. The van der Waals surface area contributed by atoms with Gasteiger partial charge in [0.2, 0.25) is 5.91 Å². The lowest BCUT2D eigenvalue weighted by molar-refractivity contribution is -0.125. The second-order valence-electron chi connectivity index (χ2n) is 6.13. The lowest BCUT2D eigenvalue weighted by atomic mass is 9.87. The Morgan fingerprint density at radius 1 is 1.44 bits per heavy atom. The number of likely N-dealkylation sites (tertiary alicyclic amines) is 1. The molecule has 0 aliphatic carbocycles. The Labute approximate surface area is 111 Å². The summed E-state index contributed by atoms with van der Waals surface area (Å²) in [6, 6.07) is 0.109. The molecule has 0 aromatic carbocycles. The van der Waals surface area contributed by atoms with Gasteiger partial charge in [0.05, 0.1) is 6.04 Å². The van der Waals surface area contributed by atoms with E-state index in [9.17, 15) is 4.79 Å². The van der Waals surface area contributed by atoms with E-state index in [0.29, 0.717) is 0 Å². The molecule has 1 unspecified atom stereocenters. The first-order chi connectivity index (χ1) is 8.50. The molecular weight excluding hydrogens is 226 g/mol. The Kier molecular flexibility index (Phi) is 6.09. The summed E-state index contributed by atoms with van der Waals surface area (Å²) in [4.78, 5) is 14.0. The van der Waals surface area contributed by atoms with Gasteiger partial charge in [0.15, 0.2) is 0 Å². The van der Waals surface area contributed by atoms with Gasteiger partial charge in [0.25, 0.3) is 0 Å². The molecular formula is C14H29N3O. The lowest BCUT2D eigenvalue weighted by Crippen LogP contribution is -2.42. The number of unbranched alkanes of at least 4 members (excludes halogenated alkanes) is 1. The average Bonchev–Trinajstić information content (AvgIpc) is 2.82. The van der Waals surface area contributed by atoms with Gasteiger partial charge in [-0.3, -0.25) is 9.69 Å². The van der Waals surface area contributed by atoms with Crippen LogP contribution in [-0.4, -0.2) is 43.5 Å². The van der Waals surface area contributed by atoms with Crippen molar-refractivity contribution in [2.24, 2.45) is 11.1 Å². The van der Waals surface area contributed by atoms with E-state index in [0.717, 1.165) is 38.9 Å². The van der Waals surface area contributed by atoms with Crippen LogP contribution in [0, 0.1) is 5.41 Å². The Morgan fingerprint density at radius 2 is 2.17 bits per heavy atom. The summed E-state index contributed by atoms with van der Waals surface area (Å²) in [6.45, 7) is 7.29. The summed E-state index contributed by atoms with van der Waals surface area (Å²) in [5.41, 5.74) is 5.98. The molecule has 1 saturated heterocycles. The highest BCUT2D eigenvalue weighted by Crippen LogP contribution is 2.23. The van der Waals surface area contributed by atoms with Gasteiger partial charge in [-0.15, -0.1) is 0 Å². The zero-order valence-corrected chi connectivity index (χ0v) is 12.2. The molecule has 1 aliphatic rings. The SMILES string of the molecule is CNC(=O)C1CCCN1CCCCC(C)(C)CN. The lowest BCUT2D eigenvalue weighted by Gasteiger charge is -2.25. The summed E-state index contributed by atoms with van der Waals surface area (Å²) in [7, 11) is 1.72. The number of rotatable bonds is 7. The number of carbonyl (C=O) groups excluding carboxylic acids is 1. The number of nitrogens with two attached hydrogens (primary N) is 1. The second-order valence-corrected chi connectivity index (χ2v) is 6.13. The zero-order chi connectivity index (χ0) is 13.6.